The lowest BCUT2D eigenvalue weighted by Gasteiger charge is -2.10. The van der Waals surface area contributed by atoms with E-state index in [0.717, 1.165) is 0 Å². The van der Waals surface area contributed by atoms with Gasteiger partial charge in [-0.1, -0.05) is 29.3 Å². The molecule has 8 heteroatoms. The van der Waals surface area contributed by atoms with E-state index in [-0.39, 0.29) is 25.0 Å². The van der Waals surface area contributed by atoms with Gasteiger partial charge in [-0.3, -0.25) is 4.79 Å². The zero-order valence-electron chi connectivity index (χ0n) is 13.4. The van der Waals surface area contributed by atoms with Crippen LogP contribution in [-0.2, 0) is 0 Å². The Balaban J connectivity index is 1.73. The molecule has 6 nitrogen and oxygen atoms in total. The van der Waals surface area contributed by atoms with Gasteiger partial charge in [0.05, 0.1) is 17.2 Å². The van der Waals surface area contributed by atoms with Crippen LogP contribution in [0.25, 0.3) is 0 Å². The van der Waals surface area contributed by atoms with E-state index in [1.165, 1.54) is 6.07 Å². The minimum Gasteiger partial charge on any atom is -0.497 e. The third-order valence-corrected chi connectivity index (χ3v) is 3.94. The molecule has 2 aromatic rings. The number of amides is 3. The van der Waals surface area contributed by atoms with Crippen molar-refractivity contribution in [1.29, 1.82) is 0 Å². The SMILES string of the molecule is COc1cccc(NC(=O)NCCNC(=O)c2ccc(Cl)c(Cl)c2)c1. The monoisotopic (exact) mass is 381 g/mol. The first-order valence-corrected chi connectivity index (χ1v) is 8.17. The fourth-order valence-electron chi connectivity index (χ4n) is 1.97. The molecule has 0 fully saturated rings. The molecule has 0 atom stereocenters. The van der Waals surface area contributed by atoms with Crippen LogP contribution in [0.1, 0.15) is 10.4 Å². The van der Waals surface area contributed by atoms with E-state index in [1.807, 2.05) is 0 Å². The topological polar surface area (TPSA) is 79.5 Å². The number of halogens is 2. The maximum Gasteiger partial charge on any atom is 0.319 e. The van der Waals surface area contributed by atoms with Crippen LogP contribution in [0, 0.1) is 0 Å². The molecule has 0 unspecified atom stereocenters. The molecule has 132 valence electrons. The number of methoxy groups -OCH3 is 1. The summed E-state index contributed by atoms with van der Waals surface area (Å²) in [5, 5.41) is 8.69. The van der Waals surface area contributed by atoms with Crippen molar-refractivity contribution in [1.82, 2.24) is 10.6 Å². The van der Waals surface area contributed by atoms with Crippen LogP contribution in [0.15, 0.2) is 42.5 Å². The number of ether oxygens (including phenoxy) is 1. The summed E-state index contributed by atoms with van der Waals surface area (Å²) in [5.41, 5.74) is 1.01. The number of urea groups is 1. The van der Waals surface area contributed by atoms with Crippen LogP contribution in [0.4, 0.5) is 10.5 Å². The second-order valence-corrected chi connectivity index (χ2v) is 5.81. The van der Waals surface area contributed by atoms with Gasteiger partial charge in [-0.05, 0) is 30.3 Å². The number of benzene rings is 2. The molecule has 3 amide bonds. The standard InChI is InChI=1S/C17H17Cl2N3O3/c1-25-13-4-2-3-12(10-13)22-17(24)21-8-7-20-16(23)11-5-6-14(18)15(19)9-11/h2-6,9-10H,7-8H2,1H3,(H,20,23)(H2,21,22,24). The first-order valence-electron chi connectivity index (χ1n) is 7.42. The summed E-state index contributed by atoms with van der Waals surface area (Å²) in [4.78, 5) is 23.8. The van der Waals surface area contributed by atoms with Crippen molar-refractivity contribution in [2.45, 2.75) is 0 Å². The summed E-state index contributed by atoms with van der Waals surface area (Å²) < 4.78 is 5.08. The highest BCUT2D eigenvalue weighted by molar-refractivity contribution is 6.42. The van der Waals surface area contributed by atoms with Gasteiger partial charge in [-0.15, -0.1) is 0 Å². The minimum atomic E-state index is -0.378. The van der Waals surface area contributed by atoms with E-state index < -0.39 is 0 Å². The highest BCUT2D eigenvalue weighted by atomic mass is 35.5. The molecule has 2 rings (SSSR count). The highest BCUT2D eigenvalue weighted by Gasteiger charge is 2.08. The molecule has 2 aromatic carbocycles. The van der Waals surface area contributed by atoms with Crippen LogP contribution >= 0.6 is 23.2 Å². The molecule has 0 aliphatic heterocycles. The molecule has 0 aliphatic carbocycles. The van der Waals surface area contributed by atoms with Gasteiger partial charge in [0, 0.05) is 30.4 Å². The first kappa shape index (κ1) is 18.9. The zero-order chi connectivity index (χ0) is 18.2. The number of hydrogen-bond donors (Lipinski definition) is 3. The van der Waals surface area contributed by atoms with E-state index in [4.69, 9.17) is 27.9 Å². The maximum atomic E-state index is 12.0. The van der Waals surface area contributed by atoms with E-state index in [9.17, 15) is 9.59 Å². The highest BCUT2D eigenvalue weighted by Crippen LogP contribution is 2.22. The van der Waals surface area contributed by atoms with E-state index in [0.29, 0.717) is 27.0 Å². The van der Waals surface area contributed by atoms with E-state index >= 15 is 0 Å². The molecule has 0 spiro atoms. The molecule has 0 saturated carbocycles. The molecule has 0 heterocycles. The summed E-state index contributed by atoms with van der Waals surface area (Å²) in [6.45, 7) is 0.535. The molecule has 25 heavy (non-hydrogen) atoms. The molecule has 3 N–H and O–H groups in total. The van der Waals surface area contributed by atoms with Crippen molar-refractivity contribution < 1.29 is 14.3 Å². The molecule has 0 bridgehead atoms. The Morgan fingerprint density at radius 1 is 1.00 bits per heavy atom. The van der Waals surface area contributed by atoms with Gasteiger partial charge in [0.15, 0.2) is 0 Å². The Morgan fingerprint density at radius 3 is 2.48 bits per heavy atom. The summed E-state index contributed by atoms with van der Waals surface area (Å²) >= 11 is 11.7. The largest absolute Gasteiger partial charge is 0.497 e. The Bertz CT molecular complexity index is 769. The maximum absolute atomic E-state index is 12.0. The first-order chi connectivity index (χ1) is 12.0. The molecule has 0 saturated heterocycles. The summed E-state index contributed by atoms with van der Waals surface area (Å²) in [6.07, 6.45) is 0. The van der Waals surface area contributed by atoms with Crippen molar-refractivity contribution >= 4 is 40.8 Å². The minimum absolute atomic E-state index is 0.267. The second kappa shape index (κ2) is 9.15. The van der Waals surface area contributed by atoms with Crippen LogP contribution < -0.4 is 20.7 Å². The summed E-state index contributed by atoms with van der Waals surface area (Å²) in [7, 11) is 1.55. The lowest BCUT2D eigenvalue weighted by Crippen LogP contribution is -2.36. The average molecular weight is 382 g/mol. The fourth-order valence-corrected chi connectivity index (χ4v) is 2.27. The Kier molecular flexibility index (Phi) is 6.91. The number of nitrogens with one attached hydrogen (secondary N) is 3. The van der Waals surface area contributed by atoms with Crippen LogP contribution in [-0.4, -0.2) is 32.1 Å². The lowest BCUT2D eigenvalue weighted by molar-refractivity contribution is 0.0954. The zero-order valence-corrected chi connectivity index (χ0v) is 14.9. The predicted molar refractivity (Wildman–Crippen MR) is 98.8 cm³/mol. The van der Waals surface area contributed by atoms with E-state index in [1.54, 1.807) is 43.5 Å². The molecule has 0 radical (unpaired) electrons. The quantitative estimate of drug-likeness (QED) is 0.669. The third kappa shape index (κ3) is 5.85. The predicted octanol–water partition coefficient (Wildman–Crippen LogP) is 3.55. The van der Waals surface area contributed by atoms with Crippen molar-refractivity contribution in [2.75, 3.05) is 25.5 Å². The smallest absolute Gasteiger partial charge is 0.319 e. The number of hydrogen-bond acceptors (Lipinski definition) is 3. The number of carbonyl (C=O) groups is 2. The van der Waals surface area contributed by atoms with Crippen LogP contribution in [0.5, 0.6) is 5.75 Å². The van der Waals surface area contributed by atoms with Gasteiger partial charge in [-0.25, -0.2) is 4.79 Å². The van der Waals surface area contributed by atoms with Gasteiger partial charge in [0.2, 0.25) is 0 Å². The summed E-state index contributed by atoms with van der Waals surface area (Å²) in [6, 6.07) is 11.2. The average Bonchev–Trinajstić information content (AvgIpc) is 2.61. The normalized spacial score (nSPS) is 10.0. The molecule has 0 aliphatic rings. The van der Waals surface area contributed by atoms with E-state index in [2.05, 4.69) is 16.0 Å². The van der Waals surface area contributed by atoms with Crippen LogP contribution in [0.2, 0.25) is 10.0 Å². The Hall–Kier alpha value is -2.44. The van der Waals surface area contributed by atoms with Gasteiger partial charge in [0.25, 0.3) is 5.91 Å². The second-order valence-electron chi connectivity index (χ2n) is 5.00. The number of carbonyl (C=O) groups excluding carboxylic acids is 2. The van der Waals surface area contributed by atoms with Crippen molar-refractivity contribution in [2.24, 2.45) is 0 Å². The fraction of sp³-hybridized carbons (Fsp3) is 0.176. The lowest BCUT2D eigenvalue weighted by atomic mass is 10.2. The van der Waals surface area contributed by atoms with Crippen molar-refractivity contribution in [3.8, 4) is 5.75 Å². The molecule has 0 aromatic heterocycles. The third-order valence-electron chi connectivity index (χ3n) is 3.21. The molecular formula is C17H17Cl2N3O3. The van der Waals surface area contributed by atoms with Gasteiger partial charge < -0.3 is 20.7 Å². The Labute approximate surface area is 155 Å². The van der Waals surface area contributed by atoms with Crippen molar-refractivity contribution in [3.63, 3.8) is 0 Å². The molecular weight excluding hydrogens is 365 g/mol. The van der Waals surface area contributed by atoms with Crippen molar-refractivity contribution in [3.05, 3.63) is 58.1 Å². The van der Waals surface area contributed by atoms with Gasteiger partial charge in [0.1, 0.15) is 5.75 Å². The summed E-state index contributed by atoms with van der Waals surface area (Å²) in [5.74, 6) is 0.347. The number of anilines is 1. The van der Waals surface area contributed by atoms with Gasteiger partial charge in [-0.2, -0.15) is 0 Å². The number of rotatable bonds is 6. The Morgan fingerprint density at radius 2 is 1.76 bits per heavy atom. The van der Waals surface area contributed by atoms with Crippen LogP contribution in [0.3, 0.4) is 0 Å². The van der Waals surface area contributed by atoms with Gasteiger partial charge >= 0.3 is 6.03 Å².